The highest BCUT2D eigenvalue weighted by molar-refractivity contribution is 7.92. The molecule has 1 N–H and O–H groups in total. The number of anilines is 1. The molecule has 0 fully saturated rings. The van der Waals surface area contributed by atoms with Gasteiger partial charge in [-0.05, 0) is 87.2 Å². The van der Waals surface area contributed by atoms with Gasteiger partial charge in [0, 0.05) is 23.5 Å². The maximum atomic E-state index is 14.6. The number of sulfonamides is 1. The highest BCUT2D eigenvalue weighted by Crippen LogP contribution is 2.29. The molecule has 0 saturated carbocycles. The smallest absolute Gasteiger partial charge is 0.264 e. The molecule has 0 saturated heterocycles. The van der Waals surface area contributed by atoms with Gasteiger partial charge in [0.2, 0.25) is 11.8 Å². The van der Waals surface area contributed by atoms with E-state index < -0.39 is 34.1 Å². The van der Waals surface area contributed by atoms with E-state index in [9.17, 15) is 18.0 Å². The molecule has 0 aliphatic heterocycles. The maximum absolute atomic E-state index is 14.6. The van der Waals surface area contributed by atoms with Crippen molar-refractivity contribution in [3.63, 3.8) is 0 Å². The number of benzene rings is 4. The molecule has 0 heterocycles. The Kier molecular flexibility index (Phi) is 10.7. The summed E-state index contributed by atoms with van der Waals surface area (Å²) in [6.45, 7) is 8.88. The molecule has 7 nitrogen and oxygen atoms in total. The molecule has 2 amide bonds. The second kappa shape index (κ2) is 14.3. The summed E-state index contributed by atoms with van der Waals surface area (Å²) < 4.78 is 29.5. The largest absolute Gasteiger partial charge is 0.350 e. The van der Waals surface area contributed by atoms with E-state index >= 15 is 0 Å². The fraction of sp³-hybridized carbons (Fsp3) is 0.278. The summed E-state index contributed by atoms with van der Waals surface area (Å²) in [5, 5.41) is 3.58. The van der Waals surface area contributed by atoms with Gasteiger partial charge in [0.15, 0.2) is 0 Å². The van der Waals surface area contributed by atoms with Crippen molar-refractivity contribution in [2.75, 3.05) is 10.8 Å². The van der Waals surface area contributed by atoms with Gasteiger partial charge in [-0.3, -0.25) is 13.9 Å². The third kappa shape index (κ3) is 8.96. The summed E-state index contributed by atoms with van der Waals surface area (Å²) in [7, 11) is -4.17. The fourth-order valence-electron chi connectivity index (χ4n) is 5.01. The summed E-state index contributed by atoms with van der Waals surface area (Å²) in [4.78, 5) is 30.1. The predicted octanol–water partition coefficient (Wildman–Crippen LogP) is 6.71. The molecule has 236 valence electrons. The van der Waals surface area contributed by atoms with E-state index in [2.05, 4.69) is 5.32 Å². The quantitative estimate of drug-likeness (QED) is 0.197. The molecule has 4 aromatic rings. The third-order valence-electron chi connectivity index (χ3n) is 7.28. The highest BCUT2D eigenvalue weighted by Gasteiger charge is 2.36. The Morgan fingerprint density at radius 3 is 2.02 bits per heavy atom. The predicted molar refractivity (Wildman–Crippen MR) is 181 cm³/mol. The maximum Gasteiger partial charge on any atom is 0.264 e. The van der Waals surface area contributed by atoms with Crippen LogP contribution in [0.15, 0.2) is 108 Å². The zero-order valence-corrected chi connectivity index (χ0v) is 27.9. The minimum atomic E-state index is -4.17. The van der Waals surface area contributed by atoms with Gasteiger partial charge in [0.25, 0.3) is 10.0 Å². The van der Waals surface area contributed by atoms with Gasteiger partial charge in [-0.1, -0.05) is 84.4 Å². The van der Waals surface area contributed by atoms with Crippen LogP contribution in [0.1, 0.15) is 43.0 Å². The zero-order chi connectivity index (χ0) is 32.8. The summed E-state index contributed by atoms with van der Waals surface area (Å²) in [6.07, 6.45) is 0.233. The SMILES string of the molecule is Cc1ccc(C)c(N(CC(=O)N(Cc2ccc(Cl)cc2)[C@H](Cc2ccccc2)C(=O)NC(C)(C)C)S(=O)(=O)c2ccccc2)c1. The molecule has 0 spiro atoms. The van der Waals surface area contributed by atoms with Crippen LogP contribution in [0.2, 0.25) is 5.02 Å². The second-order valence-electron chi connectivity index (χ2n) is 12.2. The van der Waals surface area contributed by atoms with Gasteiger partial charge < -0.3 is 10.2 Å². The van der Waals surface area contributed by atoms with Gasteiger partial charge in [-0.25, -0.2) is 8.42 Å². The first-order chi connectivity index (χ1) is 21.2. The number of aryl methyl sites for hydroxylation is 2. The van der Waals surface area contributed by atoms with Crippen molar-refractivity contribution in [2.45, 2.75) is 64.1 Å². The molecule has 0 radical (unpaired) electrons. The van der Waals surface area contributed by atoms with Crippen molar-refractivity contribution < 1.29 is 18.0 Å². The first kappa shape index (κ1) is 33.7. The minimum absolute atomic E-state index is 0.0641. The molecular formula is C36H40ClN3O4S. The number of amides is 2. The summed E-state index contributed by atoms with van der Waals surface area (Å²) in [6, 6.07) is 29.1. The molecule has 4 aromatic carbocycles. The number of carbonyl (C=O) groups excluding carboxylic acids is 2. The highest BCUT2D eigenvalue weighted by atomic mass is 35.5. The van der Waals surface area contributed by atoms with Crippen LogP contribution < -0.4 is 9.62 Å². The number of rotatable bonds is 11. The molecule has 45 heavy (non-hydrogen) atoms. The Hall–Kier alpha value is -4.14. The Bertz CT molecular complexity index is 1720. The topological polar surface area (TPSA) is 86.8 Å². The van der Waals surface area contributed by atoms with E-state index in [0.717, 1.165) is 21.0 Å². The standard InChI is InChI=1S/C36H40ClN3O4S/c1-26-16-17-27(2)32(22-26)40(45(43,44)31-14-10-7-11-15-31)25-34(41)39(24-29-18-20-30(37)21-19-29)33(35(42)38-36(3,4)5)23-28-12-8-6-9-13-28/h6-22,33H,23-25H2,1-5H3,(H,38,42)/t33-/m1/s1. The number of nitrogens with one attached hydrogen (secondary N) is 1. The van der Waals surface area contributed by atoms with E-state index in [0.29, 0.717) is 16.3 Å². The molecule has 0 unspecified atom stereocenters. The Labute approximate surface area is 271 Å². The van der Waals surface area contributed by atoms with Crippen molar-refractivity contribution in [1.29, 1.82) is 0 Å². The number of halogens is 1. The van der Waals surface area contributed by atoms with Crippen LogP contribution >= 0.6 is 11.6 Å². The van der Waals surface area contributed by atoms with Crippen molar-refractivity contribution >= 4 is 39.1 Å². The molecule has 0 bridgehead atoms. The number of hydrogen-bond acceptors (Lipinski definition) is 4. The van der Waals surface area contributed by atoms with Crippen molar-refractivity contribution in [3.05, 3.63) is 130 Å². The molecule has 4 rings (SSSR count). The number of carbonyl (C=O) groups is 2. The van der Waals surface area contributed by atoms with Crippen LogP contribution in [-0.2, 0) is 32.6 Å². The molecule has 0 aliphatic carbocycles. The van der Waals surface area contributed by atoms with Gasteiger partial charge in [0.1, 0.15) is 12.6 Å². The van der Waals surface area contributed by atoms with E-state index in [-0.39, 0.29) is 23.8 Å². The van der Waals surface area contributed by atoms with Gasteiger partial charge in [0.05, 0.1) is 10.6 Å². The van der Waals surface area contributed by atoms with Crippen LogP contribution in [0.25, 0.3) is 0 Å². The monoisotopic (exact) mass is 645 g/mol. The first-order valence-electron chi connectivity index (χ1n) is 14.8. The van der Waals surface area contributed by atoms with Crippen LogP contribution in [0.4, 0.5) is 5.69 Å². The van der Waals surface area contributed by atoms with E-state index in [1.54, 1.807) is 48.5 Å². The second-order valence-corrected chi connectivity index (χ2v) is 14.5. The fourth-order valence-corrected chi connectivity index (χ4v) is 6.63. The van der Waals surface area contributed by atoms with Gasteiger partial charge in [-0.2, -0.15) is 0 Å². The summed E-state index contributed by atoms with van der Waals surface area (Å²) >= 11 is 6.16. The number of hydrogen-bond donors (Lipinski definition) is 1. The molecule has 1 atom stereocenters. The van der Waals surface area contributed by atoms with Crippen LogP contribution in [0.3, 0.4) is 0 Å². The molecule has 0 aromatic heterocycles. The van der Waals surface area contributed by atoms with E-state index in [4.69, 9.17) is 11.6 Å². The first-order valence-corrected chi connectivity index (χ1v) is 16.6. The lowest BCUT2D eigenvalue weighted by atomic mass is 10.0. The van der Waals surface area contributed by atoms with Crippen molar-refractivity contribution in [3.8, 4) is 0 Å². The lowest BCUT2D eigenvalue weighted by Crippen LogP contribution is -2.56. The van der Waals surface area contributed by atoms with Crippen LogP contribution in [0.5, 0.6) is 0 Å². The zero-order valence-electron chi connectivity index (χ0n) is 26.3. The molecular weight excluding hydrogens is 606 g/mol. The summed E-state index contributed by atoms with van der Waals surface area (Å²) in [5.41, 5.74) is 2.99. The minimum Gasteiger partial charge on any atom is -0.350 e. The summed E-state index contributed by atoms with van der Waals surface area (Å²) in [5.74, 6) is -0.853. The Balaban J connectivity index is 1.84. The van der Waals surface area contributed by atoms with Crippen molar-refractivity contribution in [1.82, 2.24) is 10.2 Å². The van der Waals surface area contributed by atoms with E-state index in [1.807, 2.05) is 77.1 Å². The van der Waals surface area contributed by atoms with E-state index in [1.165, 1.54) is 17.0 Å². The number of nitrogens with zero attached hydrogens (tertiary/aromatic N) is 2. The van der Waals surface area contributed by atoms with Crippen LogP contribution in [0, 0.1) is 13.8 Å². The Morgan fingerprint density at radius 1 is 0.822 bits per heavy atom. The lowest BCUT2D eigenvalue weighted by molar-refractivity contribution is -0.140. The lowest BCUT2D eigenvalue weighted by Gasteiger charge is -2.35. The molecule has 0 aliphatic rings. The Morgan fingerprint density at radius 2 is 1.42 bits per heavy atom. The van der Waals surface area contributed by atoms with Crippen molar-refractivity contribution in [2.24, 2.45) is 0 Å². The van der Waals surface area contributed by atoms with Crippen LogP contribution in [-0.4, -0.2) is 43.3 Å². The van der Waals surface area contributed by atoms with Gasteiger partial charge >= 0.3 is 0 Å². The molecule has 9 heteroatoms. The normalized spacial score (nSPS) is 12.3. The average molecular weight is 646 g/mol. The third-order valence-corrected chi connectivity index (χ3v) is 9.30. The average Bonchev–Trinajstić information content (AvgIpc) is 3.00. The van der Waals surface area contributed by atoms with Gasteiger partial charge in [-0.15, -0.1) is 0 Å².